The number of benzene rings is 1. The number of Topliss-reactive ketones (excluding diaryl/α,β-unsaturated/α-hetero) is 1. The van der Waals surface area contributed by atoms with Crippen LogP contribution in [0, 0.1) is 0 Å². The van der Waals surface area contributed by atoms with Crippen LogP contribution in [0.2, 0.25) is 0 Å². The average Bonchev–Trinajstić information content (AvgIpc) is 2.47. The first kappa shape index (κ1) is 15.0. The van der Waals surface area contributed by atoms with Gasteiger partial charge >= 0.3 is 0 Å². The summed E-state index contributed by atoms with van der Waals surface area (Å²) in [5.41, 5.74) is 0.676. The summed E-state index contributed by atoms with van der Waals surface area (Å²) in [6, 6.07) is 7.94. The van der Waals surface area contributed by atoms with Gasteiger partial charge in [-0.05, 0) is 52.2 Å². The lowest BCUT2D eigenvalue weighted by atomic mass is 10.0. The van der Waals surface area contributed by atoms with E-state index in [1.54, 1.807) is 7.11 Å². The van der Waals surface area contributed by atoms with E-state index in [2.05, 4.69) is 16.8 Å². The van der Waals surface area contributed by atoms with Crippen LogP contribution in [0.4, 0.5) is 0 Å². The van der Waals surface area contributed by atoms with Crippen LogP contribution in [-0.2, 0) is 0 Å². The Morgan fingerprint density at radius 3 is 2.65 bits per heavy atom. The summed E-state index contributed by atoms with van der Waals surface area (Å²) < 4.78 is 5.26. The summed E-state index contributed by atoms with van der Waals surface area (Å²) in [4.78, 5) is 16.9. The monoisotopic (exact) mass is 276 g/mol. The number of likely N-dealkylation sites (N-methyl/N-ethyl adjacent to an activating group) is 1. The van der Waals surface area contributed by atoms with E-state index in [1.165, 1.54) is 0 Å². The Balaban J connectivity index is 1.97. The van der Waals surface area contributed by atoms with Crippen LogP contribution < -0.4 is 4.74 Å². The lowest BCUT2D eigenvalue weighted by Crippen LogP contribution is -2.43. The molecular weight excluding hydrogens is 252 g/mol. The number of ketones is 1. The van der Waals surface area contributed by atoms with Crippen molar-refractivity contribution in [3.8, 4) is 5.75 Å². The van der Waals surface area contributed by atoms with Crippen molar-refractivity contribution in [2.75, 3.05) is 40.8 Å². The first-order valence-corrected chi connectivity index (χ1v) is 7.17. The highest BCUT2D eigenvalue weighted by atomic mass is 16.5. The van der Waals surface area contributed by atoms with Gasteiger partial charge in [0, 0.05) is 6.04 Å². The molecular formula is C16H24N2O2. The van der Waals surface area contributed by atoms with Gasteiger partial charge in [0.05, 0.1) is 19.2 Å². The van der Waals surface area contributed by atoms with Gasteiger partial charge in [0.15, 0.2) is 5.78 Å². The van der Waals surface area contributed by atoms with Gasteiger partial charge < -0.3 is 9.64 Å². The number of likely N-dealkylation sites (tertiary alicyclic amines) is 1. The molecule has 1 saturated heterocycles. The summed E-state index contributed by atoms with van der Waals surface area (Å²) in [5, 5.41) is 0. The van der Waals surface area contributed by atoms with Gasteiger partial charge in [-0.2, -0.15) is 0 Å². The minimum absolute atomic E-state index is 0.129. The molecule has 0 bridgehead atoms. The van der Waals surface area contributed by atoms with Gasteiger partial charge in [-0.15, -0.1) is 0 Å². The van der Waals surface area contributed by atoms with Crippen molar-refractivity contribution < 1.29 is 9.53 Å². The Morgan fingerprint density at radius 2 is 2.00 bits per heavy atom. The van der Waals surface area contributed by atoms with Gasteiger partial charge in [0.2, 0.25) is 0 Å². The maximum absolute atomic E-state index is 12.4. The second-order valence-electron chi connectivity index (χ2n) is 5.57. The van der Waals surface area contributed by atoms with Crippen molar-refractivity contribution in [1.29, 1.82) is 0 Å². The zero-order chi connectivity index (χ0) is 14.5. The second-order valence-corrected chi connectivity index (χ2v) is 5.57. The molecule has 1 aliphatic heterocycles. The Labute approximate surface area is 121 Å². The molecule has 0 aromatic heterocycles. The average molecular weight is 276 g/mol. The fourth-order valence-electron chi connectivity index (χ4n) is 2.75. The molecule has 20 heavy (non-hydrogen) atoms. The molecule has 1 aromatic carbocycles. The van der Waals surface area contributed by atoms with Gasteiger partial charge in [-0.25, -0.2) is 0 Å². The first-order chi connectivity index (χ1) is 9.61. The highest BCUT2D eigenvalue weighted by Gasteiger charge is 2.23. The molecule has 0 spiro atoms. The molecule has 0 aliphatic carbocycles. The van der Waals surface area contributed by atoms with Crippen LogP contribution in [-0.4, -0.2) is 62.5 Å². The number of nitrogens with zero attached hydrogens (tertiary/aromatic N) is 2. The maximum Gasteiger partial charge on any atom is 0.180 e. The van der Waals surface area contributed by atoms with Crippen molar-refractivity contribution in [2.45, 2.75) is 18.9 Å². The maximum atomic E-state index is 12.4. The Morgan fingerprint density at radius 1 is 1.35 bits per heavy atom. The van der Waals surface area contributed by atoms with Crippen LogP contribution in [0.15, 0.2) is 24.3 Å². The fraction of sp³-hybridized carbons (Fsp3) is 0.562. The standard InChI is InChI=1S/C16H24N2O2/c1-17-10-8-13(9-11-17)18(2)12-15(19)14-6-4-5-7-16(14)20-3/h4-7,13H,8-12H2,1-3H3. The molecule has 1 aliphatic rings. The largest absolute Gasteiger partial charge is 0.496 e. The first-order valence-electron chi connectivity index (χ1n) is 7.17. The van der Waals surface area contributed by atoms with E-state index < -0.39 is 0 Å². The Hall–Kier alpha value is -1.39. The van der Waals surface area contributed by atoms with Crippen LogP contribution in [0.1, 0.15) is 23.2 Å². The quantitative estimate of drug-likeness (QED) is 0.769. The number of carbonyl (C=O) groups is 1. The van der Waals surface area contributed by atoms with Gasteiger partial charge in [-0.1, -0.05) is 12.1 Å². The molecule has 4 nitrogen and oxygen atoms in total. The third-order valence-electron chi connectivity index (χ3n) is 4.11. The van der Waals surface area contributed by atoms with E-state index in [0.29, 0.717) is 23.9 Å². The second kappa shape index (κ2) is 6.86. The van der Waals surface area contributed by atoms with Gasteiger partial charge in [0.1, 0.15) is 5.75 Å². The van der Waals surface area contributed by atoms with E-state index in [1.807, 2.05) is 31.3 Å². The smallest absolute Gasteiger partial charge is 0.180 e. The van der Waals surface area contributed by atoms with Crippen molar-refractivity contribution in [3.05, 3.63) is 29.8 Å². The summed E-state index contributed by atoms with van der Waals surface area (Å²) in [5.74, 6) is 0.790. The van der Waals surface area contributed by atoms with Gasteiger partial charge in [0.25, 0.3) is 0 Å². The van der Waals surface area contributed by atoms with E-state index in [0.717, 1.165) is 25.9 Å². The molecule has 110 valence electrons. The zero-order valence-corrected chi connectivity index (χ0v) is 12.6. The van der Waals surface area contributed by atoms with Crippen molar-refractivity contribution in [2.24, 2.45) is 0 Å². The summed E-state index contributed by atoms with van der Waals surface area (Å²) >= 11 is 0. The normalized spacial score (nSPS) is 17.4. The van der Waals surface area contributed by atoms with Crippen LogP contribution in [0.3, 0.4) is 0 Å². The number of hydrogen-bond acceptors (Lipinski definition) is 4. The predicted octanol–water partition coefficient (Wildman–Crippen LogP) is 1.90. The SMILES string of the molecule is COc1ccccc1C(=O)CN(C)C1CCN(C)CC1. The van der Waals surface area contributed by atoms with E-state index in [9.17, 15) is 4.79 Å². The molecule has 0 N–H and O–H groups in total. The van der Waals surface area contributed by atoms with E-state index >= 15 is 0 Å². The summed E-state index contributed by atoms with van der Waals surface area (Å²) in [7, 11) is 5.80. The Bertz CT molecular complexity index is 454. The molecule has 1 fully saturated rings. The lowest BCUT2D eigenvalue weighted by Gasteiger charge is -2.34. The topological polar surface area (TPSA) is 32.8 Å². The zero-order valence-electron chi connectivity index (χ0n) is 12.6. The summed E-state index contributed by atoms with van der Waals surface area (Å²) in [6.45, 7) is 2.67. The molecule has 0 radical (unpaired) electrons. The van der Waals surface area contributed by atoms with Crippen molar-refractivity contribution >= 4 is 5.78 Å². The van der Waals surface area contributed by atoms with E-state index in [-0.39, 0.29) is 5.78 Å². The number of para-hydroxylation sites is 1. The molecule has 0 atom stereocenters. The minimum atomic E-state index is 0.129. The number of rotatable bonds is 5. The van der Waals surface area contributed by atoms with Crippen molar-refractivity contribution in [3.63, 3.8) is 0 Å². The summed E-state index contributed by atoms with van der Waals surface area (Å²) in [6.07, 6.45) is 2.26. The number of hydrogen-bond donors (Lipinski definition) is 0. The van der Waals surface area contributed by atoms with Crippen molar-refractivity contribution in [1.82, 2.24) is 9.80 Å². The highest BCUT2D eigenvalue weighted by molar-refractivity contribution is 6.00. The Kier molecular flexibility index (Phi) is 5.15. The minimum Gasteiger partial charge on any atom is -0.496 e. The third-order valence-corrected chi connectivity index (χ3v) is 4.11. The number of methoxy groups -OCH3 is 1. The van der Waals surface area contributed by atoms with E-state index in [4.69, 9.17) is 4.74 Å². The molecule has 4 heteroatoms. The van der Waals surface area contributed by atoms with Crippen LogP contribution >= 0.6 is 0 Å². The van der Waals surface area contributed by atoms with Crippen LogP contribution in [0.25, 0.3) is 0 Å². The molecule has 2 rings (SSSR count). The van der Waals surface area contributed by atoms with Crippen LogP contribution in [0.5, 0.6) is 5.75 Å². The number of carbonyl (C=O) groups excluding carboxylic acids is 1. The lowest BCUT2D eigenvalue weighted by molar-refractivity contribution is 0.0869. The third kappa shape index (κ3) is 3.58. The molecule has 0 unspecified atom stereocenters. The molecule has 0 saturated carbocycles. The molecule has 1 aromatic rings. The highest BCUT2D eigenvalue weighted by Crippen LogP contribution is 2.20. The molecule has 1 heterocycles. The van der Waals surface area contributed by atoms with Gasteiger partial charge in [-0.3, -0.25) is 9.69 Å². The number of piperidine rings is 1. The fourth-order valence-corrected chi connectivity index (χ4v) is 2.75. The predicted molar refractivity (Wildman–Crippen MR) is 80.5 cm³/mol. The number of ether oxygens (including phenoxy) is 1. The molecule has 0 amide bonds.